The number of hydrogen-bond acceptors (Lipinski definition) is 10. The van der Waals surface area contributed by atoms with Gasteiger partial charge >= 0.3 is 12.2 Å². The lowest BCUT2D eigenvalue weighted by Gasteiger charge is -2.43. The second kappa shape index (κ2) is 10.5. The maximum atomic E-state index is 12.6. The molecule has 0 aliphatic carbocycles. The largest absolute Gasteiger partial charge is 0.452 e. The summed E-state index contributed by atoms with van der Waals surface area (Å²) in [5.74, 6) is -0.767. The maximum Gasteiger partial charge on any atom is 0.452 e. The van der Waals surface area contributed by atoms with Gasteiger partial charge in [0, 0.05) is 6.54 Å². The molecule has 3 amide bonds. The van der Waals surface area contributed by atoms with Crippen LogP contribution in [0.4, 0.5) is 9.59 Å². The number of carbonyl (C=O) groups is 3. The van der Waals surface area contributed by atoms with Crippen molar-refractivity contribution in [3.05, 3.63) is 0 Å². The molecule has 1 heterocycles. The van der Waals surface area contributed by atoms with E-state index in [-0.39, 0.29) is 6.54 Å². The number of nitrogens with one attached hydrogen (secondary N) is 1. The Hall–Kier alpha value is -2.32. The zero-order chi connectivity index (χ0) is 22.4. The van der Waals surface area contributed by atoms with Crippen molar-refractivity contribution in [1.82, 2.24) is 15.3 Å². The number of hydrogen-bond donors (Lipinski definition) is 5. The highest BCUT2D eigenvalue weighted by Gasteiger charge is 2.43. The van der Waals surface area contributed by atoms with E-state index in [1.165, 1.54) is 0 Å². The molecule has 0 saturated carbocycles. The Morgan fingerprint density at radius 1 is 1.24 bits per heavy atom. The first-order valence-corrected chi connectivity index (χ1v) is 8.74. The van der Waals surface area contributed by atoms with Crippen LogP contribution in [0.5, 0.6) is 0 Å². The number of aliphatic imine (C=N–C) groups is 1. The summed E-state index contributed by atoms with van der Waals surface area (Å²) >= 11 is 0. The summed E-state index contributed by atoms with van der Waals surface area (Å²) in [5.41, 5.74) is -0.778. The van der Waals surface area contributed by atoms with Crippen LogP contribution in [0.25, 0.3) is 0 Å². The molecule has 13 heteroatoms. The summed E-state index contributed by atoms with van der Waals surface area (Å²) in [6.07, 6.45) is -6.54. The number of aliphatic hydroxyl groups excluding tert-OH is 4. The molecule has 13 nitrogen and oxygen atoms in total. The van der Waals surface area contributed by atoms with Crippen LogP contribution in [0, 0.1) is 0 Å². The highest BCUT2D eigenvalue weighted by molar-refractivity contribution is 5.79. The topological polar surface area (TPSA) is 181 Å². The SMILES string of the molecule is C=NC(=O)ON(CNC(=O)OC(C)(C)C)CC(=O)N1C[C@@H](O)[C@@H](O)[C@H](O)[C@H]1CO. The molecule has 5 N–H and O–H groups in total. The van der Waals surface area contributed by atoms with Gasteiger partial charge in [-0.3, -0.25) is 4.79 Å². The number of amides is 3. The minimum absolute atomic E-state index is 0.372. The standard InChI is InChI=1S/C16H28N4O9/c1-16(2,3)28-15(27)18-8-19(29-14(26)17-4)6-11(23)20-5-10(22)13(25)12(24)9(20)7-21/h9-10,12-13,21-22,24-25H,4-8H2,1-3H3,(H,18,27)/t9-,10-,12-,13-/m1/s1. The van der Waals surface area contributed by atoms with Crippen LogP contribution >= 0.6 is 0 Å². The second-order valence-corrected chi connectivity index (χ2v) is 7.34. The number of rotatable bonds is 6. The molecule has 0 aromatic heterocycles. The molecule has 0 aromatic carbocycles. The Labute approximate surface area is 167 Å². The number of β-amino-alcohol motifs (C(OH)–C–C–N with tert-alkyl or cyclic N) is 1. The van der Waals surface area contributed by atoms with Crippen LogP contribution in [-0.2, 0) is 14.4 Å². The highest BCUT2D eigenvalue weighted by Crippen LogP contribution is 2.19. The number of aliphatic hydroxyl groups is 4. The van der Waals surface area contributed by atoms with Gasteiger partial charge in [-0.15, -0.1) is 5.06 Å². The Morgan fingerprint density at radius 3 is 2.38 bits per heavy atom. The van der Waals surface area contributed by atoms with E-state index < -0.39 is 67.9 Å². The number of ether oxygens (including phenoxy) is 1. The van der Waals surface area contributed by atoms with E-state index in [2.05, 4.69) is 17.0 Å². The van der Waals surface area contributed by atoms with Gasteiger partial charge in [-0.05, 0) is 27.5 Å². The number of nitrogens with zero attached hydrogens (tertiary/aromatic N) is 3. The Morgan fingerprint density at radius 2 is 1.86 bits per heavy atom. The number of carbonyl (C=O) groups excluding carboxylic acids is 3. The third kappa shape index (κ3) is 7.55. The summed E-state index contributed by atoms with van der Waals surface area (Å²) in [5, 5.41) is 42.0. The Bertz CT molecular complexity index is 610. The minimum Gasteiger partial charge on any atom is -0.444 e. The van der Waals surface area contributed by atoms with Crippen LogP contribution in [0.2, 0.25) is 0 Å². The molecule has 1 aliphatic rings. The maximum absolute atomic E-state index is 12.6. The number of likely N-dealkylation sites (tertiary alicyclic amines) is 1. The van der Waals surface area contributed by atoms with Crippen molar-refractivity contribution in [2.24, 2.45) is 4.99 Å². The van der Waals surface area contributed by atoms with Crippen molar-refractivity contribution < 1.29 is 44.4 Å². The van der Waals surface area contributed by atoms with Crippen molar-refractivity contribution in [1.29, 1.82) is 0 Å². The molecular weight excluding hydrogens is 392 g/mol. The van der Waals surface area contributed by atoms with Gasteiger partial charge in [-0.2, -0.15) is 4.99 Å². The van der Waals surface area contributed by atoms with Gasteiger partial charge in [0.15, 0.2) is 0 Å². The normalized spacial score (nSPS) is 24.8. The van der Waals surface area contributed by atoms with Crippen molar-refractivity contribution in [2.75, 3.05) is 26.4 Å². The van der Waals surface area contributed by atoms with E-state index in [0.29, 0.717) is 0 Å². The van der Waals surface area contributed by atoms with Gasteiger partial charge in [-0.1, -0.05) is 0 Å². The molecule has 0 spiro atoms. The fourth-order valence-corrected chi connectivity index (χ4v) is 2.55. The summed E-state index contributed by atoms with van der Waals surface area (Å²) < 4.78 is 5.04. The first-order chi connectivity index (χ1) is 13.4. The summed E-state index contributed by atoms with van der Waals surface area (Å²) in [4.78, 5) is 44.5. The van der Waals surface area contributed by atoms with Crippen molar-refractivity contribution in [3.8, 4) is 0 Å². The van der Waals surface area contributed by atoms with Gasteiger partial charge in [0.05, 0.1) is 12.6 Å². The van der Waals surface area contributed by atoms with Crippen LogP contribution < -0.4 is 5.32 Å². The van der Waals surface area contributed by atoms with E-state index in [1.807, 2.05) is 0 Å². The number of hydroxylamine groups is 2. The van der Waals surface area contributed by atoms with Gasteiger partial charge in [0.1, 0.15) is 37.1 Å². The zero-order valence-corrected chi connectivity index (χ0v) is 16.5. The molecule has 1 rings (SSSR count). The fourth-order valence-electron chi connectivity index (χ4n) is 2.55. The summed E-state index contributed by atoms with van der Waals surface area (Å²) in [6.45, 7) is 5.80. The average Bonchev–Trinajstić information content (AvgIpc) is 2.62. The molecule has 1 saturated heterocycles. The van der Waals surface area contributed by atoms with E-state index in [1.54, 1.807) is 20.8 Å². The molecular formula is C16H28N4O9. The second-order valence-electron chi connectivity index (χ2n) is 7.34. The molecule has 166 valence electrons. The van der Waals surface area contributed by atoms with Crippen molar-refractivity contribution >= 4 is 24.8 Å². The average molecular weight is 420 g/mol. The lowest BCUT2D eigenvalue weighted by Crippen LogP contribution is -2.65. The molecule has 4 atom stereocenters. The molecule has 0 aromatic rings. The van der Waals surface area contributed by atoms with Crippen LogP contribution in [-0.4, -0.2) is 112 Å². The molecule has 0 radical (unpaired) electrons. The van der Waals surface area contributed by atoms with E-state index in [9.17, 15) is 34.8 Å². The predicted molar refractivity (Wildman–Crippen MR) is 97.6 cm³/mol. The first-order valence-electron chi connectivity index (χ1n) is 8.74. The van der Waals surface area contributed by atoms with E-state index in [4.69, 9.17) is 9.57 Å². The lowest BCUT2D eigenvalue weighted by molar-refractivity contribution is -0.175. The minimum atomic E-state index is -1.58. The zero-order valence-electron chi connectivity index (χ0n) is 16.5. The number of piperidine rings is 1. The van der Waals surface area contributed by atoms with Gasteiger partial charge in [0.2, 0.25) is 5.91 Å². The molecule has 1 fully saturated rings. The molecule has 0 unspecified atom stereocenters. The van der Waals surface area contributed by atoms with E-state index >= 15 is 0 Å². The van der Waals surface area contributed by atoms with Gasteiger partial charge in [0.25, 0.3) is 0 Å². The fraction of sp³-hybridized carbons (Fsp3) is 0.750. The summed E-state index contributed by atoms with van der Waals surface area (Å²) in [7, 11) is 0. The number of alkyl carbamates (subject to hydrolysis) is 1. The van der Waals surface area contributed by atoms with Crippen molar-refractivity contribution in [2.45, 2.75) is 50.7 Å². The first kappa shape index (κ1) is 24.7. The van der Waals surface area contributed by atoms with Crippen LogP contribution in [0.15, 0.2) is 4.99 Å². The predicted octanol–water partition coefficient (Wildman–Crippen LogP) is -2.19. The third-order valence-corrected chi connectivity index (χ3v) is 3.88. The van der Waals surface area contributed by atoms with Gasteiger partial charge in [-0.25, -0.2) is 9.59 Å². The smallest absolute Gasteiger partial charge is 0.444 e. The lowest BCUT2D eigenvalue weighted by atomic mass is 9.94. The Kier molecular flexibility index (Phi) is 8.91. The molecule has 0 bridgehead atoms. The monoisotopic (exact) mass is 420 g/mol. The van der Waals surface area contributed by atoms with Crippen LogP contribution in [0.3, 0.4) is 0 Å². The molecule has 29 heavy (non-hydrogen) atoms. The third-order valence-electron chi connectivity index (χ3n) is 3.88. The quantitative estimate of drug-likeness (QED) is 0.180. The molecule has 1 aliphatic heterocycles. The van der Waals surface area contributed by atoms with E-state index in [0.717, 1.165) is 9.96 Å². The highest BCUT2D eigenvalue weighted by atomic mass is 16.7. The Balaban J connectivity index is 2.83. The van der Waals surface area contributed by atoms with Crippen molar-refractivity contribution in [3.63, 3.8) is 0 Å². The van der Waals surface area contributed by atoms with Crippen LogP contribution in [0.1, 0.15) is 20.8 Å². The van der Waals surface area contributed by atoms with Gasteiger partial charge < -0.3 is 40.2 Å². The summed E-state index contributed by atoms with van der Waals surface area (Å²) in [6, 6.07) is -1.19.